The van der Waals surface area contributed by atoms with Crippen LogP contribution in [0.1, 0.15) is 16.1 Å². The number of rotatable bonds is 4. The SMILES string of the molecule is Cc1c(C(=O)CN2CCN(C)CC2)c2cc(O)ccc2n1-c1cccc(Cl)c1. The van der Waals surface area contributed by atoms with E-state index in [1.165, 1.54) is 0 Å². The monoisotopic (exact) mass is 397 g/mol. The quantitative estimate of drug-likeness (QED) is 0.681. The number of nitrogens with zero attached hydrogens (tertiary/aromatic N) is 3. The van der Waals surface area contributed by atoms with Gasteiger partial charge in [-0.05, 0) is 50.4 Å². The Morgan fingerprint density at radius 2 is 1.86 bits per heavy atom. The van der Waals surface area contributed by atoms with Gasteiger partial charge in [0.2, 0.25) is 0 Å². The summed E-state index contributed by atoms with van der Waals surface area (Å²) in [6.45, 7) is 6.06. The van der Waals surface area contributed by atoms with Gasteiger partial charge in [-0.3, -0.25) is 9.69 Å². The van der Waals surface area contributed by atoms with Crippen LogP contribution in [0, 0.1) is 6.92 Å². The maximum atomic E-state index is 13.3. The minimum atomic E-state index is 0.0819. The summed E-state index contributed by atoms with van der Waals surface area (Å²) in [5.74, 6) is 0.239. The largest absolute Gasteiger partial charge is 0.508 e. The zero-order valence-electron chi connectivity index (χ0n) is 16.2. The first-order chi connectivity index (χ1) is 13.4. The molecule has 0 amide bonds. The molecule has 1 N–H and O–H groups in total. The minimum Gasteiger partial charge on any atom is -0.508 e. The Morgan fingerprint density at radius 3 is 2.57 bits per heavy atom. The summed E-state index contributed by atoms with van der Waals surface area (Å²) in [5.41, 5.74) is 3.32. The average Bonchev–Trinajstić information content (AvgIpc) is 2.94. The van der Waals surface area contributed by atoms with E-state index in [4.69, 9.17) is 11.6 Å². The number of aromatic nitrogens is 1. The maximum absolute atomic E-state index is 13.3. The number of aromatic hydroxyl groups is 1. The van der Waals surface area contributed by atoms with Crippen LogP contribution in [-0.4, -0.2) is 65.0 Å². The summed E-state index contributed by atoms with van der Waals surface area (Å²) < 4.78 is 2.04. The fourth-order valence-corrected chi connectivity index (χ4v) is 4.18. The van der Waals surface area contributed by atoms with Gasteiger partial charge in [0, 0.05) is 53.5 Å². The molecule has 3 aromatic rings. The summed E-state index contributed by atoms with van der Waals surface area (Å²) in [6.07, 6.45) is 0. The lowest BCUT2D eigenvalue weighted by Crippen LogP contribution is -2.46. The molecule has 6 heteroatoms. The van der Waals surface area contributed by atoms with Crippen molar-refractivity contribution < 1.29 is 9.90 Å². The highest BCUT2D eigenvalue weighted by atomic mass is 35.5. The number of Topliss-reactive ketones (excluding diaryl/α,β-unsaturated/α-hetero) is 1. The highest BCUT2D eigenvalue weighted by Crippen LogP contribution is 2.32. The predicted molar refractivity (Wildman–Crippen MR) is 113 cm³/mol. The van der Waals surface area contributed by atoms with Crippen molar-refractivity contribution in [3.63, 3.8) is 0 Å². The zero-order chi connectivity index (χ0) is 19.8. The van der Waals surface area contributed by atoms with E-state index in [0.29, 0.717) is 17.1 Å². The molecule has 1 fully saturated rings. The Kier molecular flexibility index (Phi) is 5.15. The number of phenols is 1. The van der Waals surface area contributed by atoms with Crippen LogP contribution < -0.4 is 0 Å². The standard InChI is InChI=1S/C22H24ClN3O2/c1-15-22(21(28)14-25-10-8-24(2)9-11-25)19-13-18(27)6-7-20(19)26(15)17-5-3-4-16(23)12-17/h3-7,12-13,27H,8-11,14H2,1-2H3. The second kappa shape index (κ2) is 7.59. The summed E-state index contributed by atoms with van der Waals surface area (Å²) in [7, 11) is 2.10. The van der Waals surface area contributed by atoms with Crippen LogP contribution in [0.3, 0.4) is 0 Å². The number of phenolic OH excluding ortho intramolecular Hbond substituents is 1. The molecular weight excluding hydrogens is 374 g/mol. The first-order valence-electron chi connectivity index (χ1n) is 9.48. The highest BCUT2D eigenvalue weighted by Gasteiger charge is 2.24. The molecule has 2 aromatic carbocycles. The molecule has 1 aliphatic heterocycles. The molecule has 0 spiro atoms. The normalized spacial score (nSPS) is 16.0. The Balaban J connectivity index is 1.78. The van der Waals surface area contributed by atoms with Crippen LogP contribution >= 0.6 is 11.6 Å². The van der Waals surface area contributed by atoms with Crippen LogP contribution in [-0.2, 0) is 0 Å². The molecule has 1 aliphatic rings. The number of ketones is 1. The van der Waals surface area contributed by atoms with Gasteiger partial charge in [0.25, 0.3) is 0 Å². The summed E-state index contributed by atoms with van der Waals surface area (Å²) in [4.78, 5) is 17.8. The highest BCUT2D eigenvalue weighted by molar-refractivity contribution is 6.30. The lowest BCUT2D eigenvalue weighted by atomic mass is 10.1. The third-order valence-corrected chi connectivity index (χ3v) is 5.73. The van der Waals surface area contributed by atoms with Crippen molar-refractivity contribution in [1.82, 2.24) is 14.4 Å². The van der Waals surface area contributed by atoms with Crippen molar-refractivity contribution in [2.24, 2.45) is 0 Å². The van der Waals surface area contributed by atoms with Crippen LogP contribution in [0.4, 0.5) is 0 Å². The minimum absolute atomic E-state index is 0.0819. The van der Waals surface area contributed by atoms with Crippen molar-refractivity contribution >= 4 is 28.3 Å². The second-order valence-electron chi connectivity index (χ2n) is 7.48. The van der Waals surface area contributed by atoms with Crippen molar-refractivity contribution in [2.45, 2.75) is 6.92 Å². The van der Waals surface area contributed by atoms with Crippen LogP contribution in [0.25, 0.3) is 16.6 Å². The van der Waals surface area contributed by atoms with Crippen molar-refractivity contribution in [3.8, 4) is 11.4 Å². The van der Waals surface area contributed by atoms with Crippen LogP contribution in [0.2, 0.25) is 5.02 Å². The van der Waals surface area contributed by atoms with Crippen LogP contribution in [0.5, 0.6) is 5.75 Å². The van der Waals surface area contributed by atoms with E-state index in [-0.39, 0.29) is 11.5 Å². The van der Waals surface area contributed by atoms with Gasteiger partial charge < -0.3 is 14.6 Å². The van der Waals surface area contributed by atoms with Gasteiger partial charge in [0.1, 0.15) is 5.75 Å². The first kappa shape index (κ1) is 19.0. The molecule has 28 heavy (non-hydrogen) atoms. The van der Waals surface area contributed by atoms with E-state index >= 15 is 0 Å². The molecule has 0 unspecified atom stereocenters. The second-order valence-corrected chi connectivity index (χ2v) is 7.92. The van der Waals surface area contributed by atoms with Gasteiger partial charge in [-0.25, -0.2) is 0 Å². The Morgan fingerprint density at radius 1 is 1.11 bits per heavy atom. The molecule has 1 aromatic heterocycles. The number of carbonyl (C=O) groups is 1. The molecule has 1 saturated heterocycles. The van der Waals surface area contributed by atoms with E-state index in [1.807, 2.05) is 41.8 Å². The zero-order valence-corrected chi connectivity index (χ0v) is 16.9. The number of fused-ring (bicyclic) bond motifs is 1. The molecule has 146 valence electrons. The van der Waals surface area contributed by atoms with Crippen molar-refractivity contribution in [2.75, 3.05) is 39.8 Å². The fourth-order valence-electron chi connectivity index (χ4n) is 3.99. The number of likely N-dealkylation sites (N-methyl/N-ethyl adjacent to an activating group) is 1. The summed E-state index contributed by atoms with van der Waals surface area (Å²) >= 11 is 6.20. The van der Waals surface area contributed by atoms with Gasteiger partial charge in [-0.2, -0.15) is 0 Å². The summed E-state index contributed by atoms with van der Waals surface area (Å²) in [5, 5.41) is 11.5. The van der Waals surface area contributed by atoms with Gasteiger partial charge in [0.15, 0.2) is 5.78 Å². The van der Waals surface area contributed by atoms with Crippen LogP contribution in [0.15, 0.2) is 42.5 Å². The van der Waals surface area contributed by atoms with Crippen molar-refractivity contribution in [3.05, 3.63) is 58.7 Å². The number of carbonyl (C=O) groups excluding carboxylic acids is 1. The molecule has 2 heterocycles. The molecule has 0 bridgehead atoms. The van der Waals surface area contributed by atoms with Gasteiger partial charge in [-0.15, -0.1) is 0 Å². The molecule has 4 rings (SSSR count). The number of halogens is 1. The lowest BCUT2D eigenvalue weighted by molar-refractivity contribution is 0.0877. The average molecular weight is 398 g/mol. The topological polar surface area (TPSA) is 48.7 Å². The van der Waals surface area contributed by atoms with E-state index in [1.54, 1.807) is 12.1 Å². The molecular formula is C22H24ClN3O2. The predicted octanol–water partition coefficient (Wildman–Crippen LogP) is 3.73. The van der Waals surface area contributed by atoms with E-state index < -0.39 is 0 Å². The first-order valence-corrected chi connectivity index (χ1v) is 9.86. The van der Waals surface area contributed by atoms with Gasteiger partial charge >= 0.3 is 0 Å². The van der Waals surface area contributed by atoms with E-state index in [9.17, 15) is 9.90 Å². The third-order valence-electron chi connectivity index (χ3n) is 5.50. The molecule has 0 atom stereocenters. The number of piperazine rings is 1. The lowest BCUT2D eigenvalue weighted by Gasteiger charge is -2.31. The van der Waals surface area contributed by atoms with Gasteiger partial charge in [0.05, 0.1) is 12.1 Å². The molecule has 5 nitrogen and oxygen atoms in total. The Hall–Kier alpha value is -2.34. The van der Waals surface area contributed by atoms with Crippen molar-refractivity contribution in [1.29, 1.82) is 0 Å². The smallest absolute Gasteiger partial charge is 0.179 e. The number of hydrogen-bond donors (Lipinski definition) is 1. The van der Waals surface area contributed by atoms with E-state index in [0.717, 1.165) is 48.5 Å². The third kappa shape index (κ3) is 3.53. The fraction of sp³-hybridized carbons (Fsp3) is 0.318. The Labute approximate surface area is 169 Å². The molecule has 0 saturated carbocycles. The number of benzene rings is 2. The summed E-state index contributed by atoms with van der Waals surface area (Å²) in [6, 6.07) is 12.8. The van der Waals surface area contributed by atoms with E-state index in [2.05, 4.69) is 16.8 Å². The Bertz CT molecular complexity index is 1040. The van der Waals surface area contributed by atoms with Gasteiger partial charge in [-0.1, -0.05) is 17.7 Å². The number of hydrogen-bond acceptors (Lipinski definition) is 4. The molecule has 0 radical (unpaired) electrons. The molecule has 0 aliphatic carbocycles. The maximum Gasteiger partial charge on any atom is 0.179 e.